The molecule has 336 valence electrons. The maximum absolute atomic E-state index is 12.4. The summed E-state index contributed by atoms with van der Waals surface area (Å²) in [7, 11) is 0. The van der Waals surface area contributed by atoms with Gasteiger partial charge in [0.25, 0.3) is 0 Å². The zero-order chi connectivity index (χ0) is 48.2. The van der Waals surface area contributed by atoms with Gasteiger partial charge in [0.15, 0.2) is 11.6 Å². The molecular formula is C63H38F3N5. The Kier molecular flexibility index (Phi) is 10.5. The van der Waals surface area contributed by atoms with Crippen molar-refractivity contribution in [2.75, 3.05) is 0 Å². The lowest BCUT2D eigenvalue weighted by Gasteiger charge is -2.21. The molecule has 3 aromatic heterocycles. The molecule has 0 spiro atoms. The molecule has 0 saturated heterocycles. The third-order valence-corrected chi connectivity index (χ3v) is 13.6. The average molecular weight is 922 g/mol. The van der Waals surface area contributed by atoms with Crippen LogP contribution in [0.25, 0.3) is 93.6 Å². The fourth-order valence-electron chi connectivity index (χ4n) is 10.5. The molecule has 14 rings (SSSR count). The van der Waals surface area contributed by atoms with Crippen LogP contribution in [0.3, 0.4) is 0 Å². The highest BCUT2D eigenvalue weighted by Gasteiger charge is 2.26. The summed E-state index contributed by atoms with van der Waals surface area (Å²) >= 11 is 0. The van der Waals surface area contributed by atoms with Gasteiger partial charge in [-0.3, -0.25) is 0 Å². The summed E-state index contributed by atoms with van der Waals surface area (Å²) < 4.78 is 44.0. The van der Waals surface area contributed by atoms with E-state index < -0.39 is 23.0 Å². The van der Waals surface area contributed by atoms with E-state index in [0.717, 1.165) is 78.1 Å². The Bertz CT molecular complexity index is 4150. The van der Waals surface area contributed by atoms with Crippen LogP contribution in [0.2, 0.25) is 0 Å². The van der Waals surface area contributed by atoms with Crippen LogP contribution in [0.4, 0.5) is 13.2 Å². The normalized spacial score (nSPS) is 11.5. The molecule has 10 aromatic carbocycles. The van der Waals surface area contributed by atoms with Crippen LogP contribution in [0, 0.1) is 40.1 Å². The van der Waals surface area contributed by atoms with E-state index in [4.69, 9.17) is 5.26 Å². The Balaban J connectivity index is 0.000000175. The SMILES string of the molecule is N#Cc1c(-n2c3ccccc3c3ccccc32)ccc(-n2c3ccccc3c3ccccc32)c1-n1c2ccccc2c2ccccc21.N#Cc1c(F)ccc(F)c1F.c1ccc2c(c1)Cc1ccccc1-2. The molecule has 0 amide bonds. The van der Waals surface area contributed by atoms with Gasteiger partial charge in [0.2, 0.25) is 0 Å². The Morgan fingerprint density at radius 3 is 1.04 bits per heavy atom. The number of para-hydroxylation sites is 6. The summed E-state index contributed by atoms with van der Waals surface area (Å²) in [6.45, 7) is 0. The van der Waals surface area contributed by atoms with Gasteiger partial charge < -0.3 is 13.7 Å². The summed E-state index contributed by atoms with van der Waals surface area (Å²) in [5.74, 6) is -3.71. The molecule has 3 heterocycles. The highest BCUT2D eigenvalue weighted by atomic mass is 19.2. The predicted molar refractivity (Wildman–Crippen MR) is 280 cm³/mol. The van der Waals surface area contributed by atoms with E-state index in [1.165, 1.54) is 39.1 Å². The third-order valence-electron chi connectivity index (χ3n) is 13.6. The van der Waals surface area contributed by atoms with Crippen LogP contribution in [0.5, 0.6) is 0 Å². The second-order valence-corrected chi connectivity index (χ2v) is 17.4. The van der Waals surface area contributed by atoms with E-state index >= 15 is 0 Å². The molecule has 0 radical (unpaired) electrons. The molecule has 0 unspecified atom stereocenters. The van der Waals surface area contributed by atoms with Crippen LogP contribution in [0.1, 0.15) is 22.3 Å². The Labute approximate surface area is 406 Å². The van der Waals surface area contributed by atoms with Crippen molar-refractivity contribution in [2.24, 2.45) is 0 Å². The lowest BCUT2D eigenvalue weighted by molar-refractivity contribution is 0.491. The van der Waals surface area contributed by atoms with Gasteiger partial charge >= 0.3 is 0 Å². The molecule has 13 aromatic rings. The minimum absolute atomic E-state index is 0.613. The lowest BCUT2D eigenvalue weighted by Crippen LogP contribution is -2.09. The van der Waals surface area contributed by atoms with Gasteiger partial charge in [-0.2, -0.15) is 10.5 Å². The number of aromatic nitrogens is 3. The molecule has 71 heavy (non-hydrogen) atoms. The van der Waals surface area contributed by atoms with Crippen molar-refractivity contribution in [3.8, 4) is 40.3 Å². The van der Waals surface area contributed by atoms with Gasteiger partial charge in [0.05, 0.1) is 50.2 Å². The molecule has 0 atom stereocenters. The zero-order valence-electron chi connectivity index (χ0n) is 37.9. The summed E-state index contributed by atoms with van der Waals surface area (Å²) in [5.41, 5.74) is 14.6. The van der Waals surface area contributed by atoms with Crippen LogP contribution in [0.15, 0.2) is 218 Å². The average Bonchev–Trinajstić information content (AvgIpc) is 4.17. The largest absolute Gasteiger partial charge is 0.308 e. The molecule has 1 aliphatic carbocycles. The van der Waals surface area contributed by atoms with E-state index in [2.05, 4.69) is 226 Å². The van der Waals surface area contributed by atoms with Crippen LogP contribution >= 0.6 is 0 Å². The van der Waals surface area contributed by atoms with Gasteiger partial charge in [-0.15, -0.1) is 0 Å². The second kappa shape index (κ2) is 17.5. The van der Waals surface area contributed by atoms with Crippen molar-refractivity contribution in [2.45, 2.75) is 6.42 Å². The van der Waals surface area contributed by atoms with Gasteiger partial charge in [-0.1, -0.05) is 158 Å². The van der Waals surface area contributed by atoms with Crippen molar-refractivity contribution < 1.29 is 13.2 Å². The Morgan fingerprint density at radius 1 is 0.324 bits per heavy atom. The summed E-state index contributed by atoms with van der Waals surface area (Å²) in [5, 5.41) is 26.5. The Morgan fingerprint density at radius 2 is 0.648 bits per heavy atom. The van der Waals surface area contributed by atoms with Crippen LogP contribution in [-0.4, -0.2) is 13.7 Å². The van der Waals surface area contributed by atoms with Crippen molar-refractivity contribution in [3.05, 3.63) is 258 Å². The van der Waals surface area contributed by atoms with E-state index in [1.54, 1.807) is 0 Å². The molecule has 1 aliphatic rings. The van der Waals surface area contributed by atoms with E-state index in [9.17, 15) is 18.4 Å². The van der Waals surface area contributed by atoms with E-state index in [-0.39, 0.29) is 0 Å². The summed E-state index contributed by atoms with van der Waals surface area (Å²) in [6, 6.07) is 78.0. The van der Waals surface area contributed by atoms with Gasteiger partial charge in [0.1, 0.15) is 29.1 Å². The van der Waals surface area contributed by atoms with Crippen LogP contribution in [-0.2, 0) is 6.42 Å². The van der Waals surface area contributed by atoms with Crippen molar-refractivity contribution in [1.29, 1.82) is 10.5 Å². The Hall–Kier alpha value is -9.63. The number of nitrogens with zero attached hydrogens (tertiary/aromatic N) is 5. The first-order valence-electron chi connectivity index (χ1n) is 23.2. The van der Waals surface area contributed by atoms with E-state index in [0.29, 0.717) is 17.7 Å². The first-order chi connectivity index (χ1) is 34.9. The number of hydrogen-bond acceptors (Lipinski definition) is 2. The molecule has 0 N–H and O–H groups in total. The highest BCUT2D eigenvalue weighted by Crippen LogP contribution is 2.43. The first kappa shape index (κ1) is 42.7. The van der Waals surface area contributed by atoms with Crippen molar-refractivity contribution >= 4 is 65.4 Å². The first-order valence-corrected chi connectivity index (χ1v) is 23.2. The molecule has 8 heteroatoms. The molecular weight excluding hydrogens is 884 g/mol. The smallest absolute Gasteiger partial charge is 0.179 e. The van der Waals surface area contributed by atoms with Gasteiger partial charge in [0, 0.05) is 32.3 Å². The van der Waals surface area contributed by atoms with Crippen molar-refractivity contribution in [1.82, 2.24) is 13.7 Å². The number of rotatable bonds is 3. The standard InChI is InChI=1S/C43H26N4.C13H10.C7H2F3N/c44-27-34-41(45-35-19-7-1-13-28(35)29-14-2-8-20-36(29)45)25-26-42(46-37-21-9-3-15-30(37)31-16-4-10-22-38(31)46)43(34)47-39-23-11-5-17-32(39)33-18-6-12-24-40(33)47;1-3-7-12-10(5-1)9-11-6-2-4-8-13(11)12;8-5-1-2-6(9)7(10)4(5)3-11/h1-26H;1-8H,9H2;1-2H. The monoisotopic (exact) mass is 921 g/mol. The van der Waals surface area contributed by atoms with Gasteiger partial charge in [-0.05, 0) is 89.3 Å². The molecule has 5 nitrogen and oxygen atoms in total. The predicted octanol–water partition coefficient (Wildman–Crippen LogP) is 16.1. The minimum Gasteiger partial charge on any atom is -0.308 e. The summed E-state index contributed by atoms with van der Waals surface area (Å²) in [4.78, 5) is 0. The number of benzene rings is 10. The highest BCUT2D eigenvalue weighted by molar-refractivity contribution is 6.13. The summed E-state index contributed by atoms with van der Waals surface area (Å²) in [6.07, 6.45) is 1.10. The number of fused-ring (bicyclic) bond motifs is 12. The lowest BCUT2D eigenvalue weighted by atomic mass is 10.1. The third kappa shape index (κ3) is 6.92. The fraction of sp³-hybridized carbons (Fsp3) is 0.0159. The topological polar surface area (TPSA) is 62.4 Å². The number of halogens is 3. The zero-order valence-corrected chi connectivity index (χ0v) is 37.9. The fourth-order valence-corrected chi connectivity index (χ4v) is 10.5. The van der Waals surface area contributed by atoms with Crippen molar-refractivity contribution in [3.63, 3.8) is 0 Å². The quantitative estimate of drug-likeness (QED) is 0.166. The second-order valence-electron chi connectivity index (χ2n) is 17.4. The molecule has 0 bridgehead atoms. The van der Waals surface area contributed by atoms with E-state index in [1.807, 2.05) is 0 Å². The van der Waals surface area contributed by atoms with Gasteiger partial charge in [-0.25, -0.2) is 13.2 Å². The van der Waals surface area contributed by atoms with Crippen LogP contribution < -0.4 is 0 Å². The number of nitriles is 2. The number of hydrogen-bond donors (Lipinski definition) is 0. The molecule has 0 aliphatic heterocycles. The molecule has 0 saturated carbocycles. The minimum atomic E-state index is -1.44. The maximum atomic E-state index is 12.4. The molecule has 0 fully saturated rings. The maximum Gasteiger partial charge on any atom is 0.179 e.